The van der Waals surface area contributed by atoms with E-state index in [4.69, 9.17) is 16.3 Å². The van der Waals surface area contributed by atoms with Crippen molar-refractivity contribution in [1.82, 2.24) is 4.31 Å². The standard InChI is InChI=1S/C19H17ClF2N2O3S/c20-13-1-3-17-12(9-13)11-27-19(25)24(17)15-5-7-23(8-6-15)28(26)18-4-2-14(21)10-16(18)22/h1-4,9-10,15H,5-8,11H2. The highest BCUT2D eigenvalue weighted by Gasteiger charge is 2.37. The average Bonchev–Trinajstić information content (AvgIpc) is 2.68. The number of anilines is 1. The van der Waals surface area contributed by atoms with Crippen LogP contribution in [0.5, 0.6) is 0 Å². The number of benzene rings is 2. The smallest absolute Gasteiger partial charge is 0.414 e. The summed E-state index contributed by atoms with van der Waals surface area (Å²) in [6, 6.07) is 8.20. The predicted molar refractivity (Wildman–Crippen MR) is 101 cm³/mol. The number of carbonyl (C=O) groups excluding carboxylic acids is 1. The van der Waals surface area contributed by atoms with Crippen LogP contribution in [0.4, 0.5) is 19.3 Å². The van der Waals surface area contributed by atoms with Gasteiger partial charge in [0, 0.05) is 41.9 Å². The van der Waals surface area contributed by atoms with E-state index in [-0.39, 0.29) is 17.5 Å². The molecule has 1 amide bonds. The van der Waals surface area contributed by atoms with Gasteiger partial charge in [0.1, 0.15) is 12.4 Å². The normalized spacial score (nSPS) is 19.3. The maximum Gasteiger partial charge on any atom is 0.414 e. The lowest BCUT2D eigenvalue weighted by molar-refractivity contribution is 0.136. The molecule has 2 aromatic carbocycles. The molecule has 0 aromatic heterocycles. The molecule has 4 rings (SSSR count). The minimum absolute atomic E-state index is 0.0442. The van der Waals surface area contributed by atoms with E-state index in [1.807, 2.05) is 0 Å². The van der Waals surface area contributed by atoms with Crippen LogP contribution >= 0.6 is 11.6 Å². The second-order valence-corrected chi connectivity index (χ2v) is 8.57. The van der Waals surface area contributed by atoms with Gasteiger partial charge in [-0.2, -0.15) is 0 Å². The third-order valence-corrected chi connectivity index (χ3v) is 6.73. The van der Waals surface area contributed by atoms with Crippen molar-refractivity contribution >= 4 is 34.7 Å². The van der Waals surface area contributed by atoms with Crippen molar-refractivity contribution in [2.45, 2.75) is 30.4 Å². The van der Waals surface area contributed by atoms with Gasteiger partial charge in [0.15, 0.2) is 5.82 Å². The molecule has 1 fully saturated rings. The molecule has 2 aromatic rings. The molecular formula is C19H17ClF2N2O3S. The Morgan fingerprint density at radius 1 is 1.14 bits per heavy atom. The lowest BCUT2D eigenvalue weighted by Gasteiger charge is -2.39. The van der Waals surface area contributed by atoms with E-state index in [2.05, 4.69) is 0 Å². The third-order valence-electron chi connectivity index (χ3n) is 4.95. The van der Waals surface area contributed by atoms with Crippen LogP contribution in [0, 0.1) is 11.6 Å². The fourth-order valence-electron chi connectivity index (χ4n) is 3.58. The number of rotatable bonds is 3. The number of fused-ring (bicyclic) bond motifs is 1. The van der Waals surface area contributed by atoms with E-state index in [1.54, 1.807) is 27.4 Å². The Hall–Kier alpha value is -1.87. The Labute approximate surface area is 169 Å². The van der Waals surface area contributed by atoms with Crippen molar-refractivity contribution in [3.8, 4) is 0 Å². The Morgan fingerprint density at radius 3 is 2.61 bits per heavy atom. The molecule has 1 unspecified atom stereocenters. The Kier molecular flexibility index (Phi) is 5.46. The van der Waals surface area contributed by atoms with Gasteiger partial charge >= 0.3 is 6.09 Å². The summed E-state index contributed by atoms with van der Waals surface area (Å²) in [5, 5.41) is 0.572. The molecular weight excluding hydrogens is 410 g/mol. The van der Waals surface area contributed by atoms with Gasteiger partial charge in [-0.25, -0.2) is 13.6 Å². The maximum atomic E-state index is 13.9. The van der Waals surface area contributed by atoms with Crippen LogP contribution in [0.25, 0.3) is 0 Å². The molecule has 0 aliphatic carbocycles. The molecule has 2 aliphatic heterocycles. The summed E-state index contributed by atoms with van der Waals surface area (Å²) in [7, 11) is 0. The molecule has 2 heterocycles. The van der Waals surface area contributed by atoms with Gasteiger partial charge in [0.05, 0.1) is 17.0 Å². The van der Waals surface area contributed by atoms with Gasteiger partial charge in [-0.1, -0.05) is 11.6 Å². The highest BCUT2D eigenvalue weighted by molar-refractivity contribution is 7.89. The molecule has 1 atom stereocenters. The molecule has 5 nitrogen and oxygen atoms in total. The molecule has 0 spiro atoms. The fraction of sp³-hybridized carbons (Fsp3) is 0.316. The first-order valence-electron chi connectivity index (χ1n) is 8.80. The number of hydrogen-bond donors (Lipinski definition) is 0. The summed E-state index contributed by atoms with van der Waals surface area (Å²) in [6.45, 7) is 0.986. The van der Waals surface area contributed by atoms with Crippen LogP contribution < -0.4 is 4.90 Å². The van der Waals surface area contributed by atoms with Gasteiger partial charge in [0.2, 0.25) is 4.90 Å². The van der Waals surface area contributed by atoms with E-state index in [0.717, 1.165) is 23.4 Å². The SMILES string of the molecule is O=C1OCc2cc(Cl)ccc2N1C1CCN([S+]([O-])c2ccc(F)cc2F)CC1. The second kappa shape index (κ2) is 7.87. The zero-order chi connectivity index (χ0) is 19.8. The van der Waals surface area contributed by atoms with E-state index >= 15 is 0 Å². The number of piperidine rings is 1. The molecule has 0 N–H and O–H groups in total. The van der Waals surface area contributed by atoms with Crippen molar-refractivity contribution in [1.29, 1.82) is 0 Å². The van der Waals surface area contributed by atoms with Gasteiger partial charge in [-0.05, 0) is 37.1 Å². The molecule has 148 valence electrons. The largest absolute Gasteiger partial charge is 0.593 e. The van der Waals surface area contributed by atoms with Crippen molar-refractivity contribution in [3.05, 3.63) is 58.6 Å². The van der Waals surface area contributed by atoms with Gasteiger partial charge in [-0.15, -0.1) is 4.31 Å². The Bertz CT molecular complexity index is 909. The van der Waals surface area contributed by atoms with Crippen LogP contribution in [0.2, 0.25) is 5.02 Å². The maximum absolute atomic E-state index is 13.9. The molecule has 0 radical (unpaired) electrons. The highest BCUT2D eigenvalue weighted by atomic mass is 35.5. The van der Waals surface area contributed by atoms with Crippen molar-refractivity contribution in [2.75, 3.05) is 18.0 Å². The quantitative estimate of drug-likeness (QED) is 0.688. The zero-order valence-corrected chi connectivity index (χ0v) is 16.3. The van der Waals surface area contributed by atoms with Crippen molar-refractivity contribution in [3.63, 3.8) is 0 Å². The predicted octanol–water partition coefficient (Wildman–Crippen LogP) is 4.26. The van der Waals surface area contributed by atoms with Crippen LogP contribution in [-0.4, -0.2) is 34.1 Å². The van der Waals surface area contributed by atoms with E-state index in [0.29, 0.717) is 31.0 Å². The van der Waals surface area contributed by atoms with Crippen LogP contribution in [-0.2, 0) is 22.7 Å². The number of halogens is 3. The number of ether oxygens (including phenoxy) is 1. The van der Waals surface area contributed by atoms with Crippen molar-refractivity contribution < 1.29 is 22.9 Å². The number of carbonyl (C=O) groups is 1. The average molecular weight is 427 g/mol. The van der Waals surface area contributed by atoms with Gasteiger partial charge < -0.3 is 9.29 Å². The van der Waals surface area contributed by atoms with Gasteiger partial charge in [-0.3, -0.25) is 4.90 Å². The minimum Gasteiger partial charge on any atom is -0.593 e. The number of cyclic esters (lactones) is 1. The third kappa shape index (κ3) is 3.69. The number of amides is 1. The molecule has 2 aliphatic rings. The lowest BCUT2D eigenvalue weighted by atomic mass is 10.0. The Morgan fingerprint density at radius 2 is 1.89 bits per heavy atom. The number of nitrogens with zero attached hydrogens (tertiary/aromatic N) is 2. The van der Waals surface area contributed by atoms with Crippen LogP contribution in [0.15, 0.2) is 41.3 Å². The minimum atomic E-state index is -1.73. The summed E-state index contributed by atoms with van der Waals surface area (Å²) >= 11 is 4.30. The van der Waals surface area contributed by atoms with Crippen LogP contribution in [0.3, 0.4) is 0 Å². The summed E-state index contributed by atoms with van der Waals surface area (Å²) in [4.78, 5) is 13.9. The topological polar surface area (TPSA) is 55.8 Å². The summed E-state index contributed by atoms with van der Waals surface area (Å²) in [6.07, 6.45) is 0.677. The zero-order valence-electron chi connectivity index (χ0n) is 14.7. The number of hydrogen-bond acceptors (Lipinski definition) is 4. The fourth-order valence-corrected chi connectivity index (χ4v) is 5.01. The lowest BCUT2D eigenvalue weighted by Crippen LogP contribution is -2.50. The second-order valence-electron chi connectivity index (χ2n) is 6.68. The molecule has 1 saturated heterocycles. The summed E-state index contributed by atoms with van der Waals surface area (Å²) in [5.74, 6) is -1.54. The first-order chi connectivity index (χ1) is 13.4. The first kappa shape index (κ1) is 19.4. The highest BCUT2D eigenvalue weighted by Crippen LogP contribution is 2.34. The van der Waals surface area contributed by atoms with Crippen LogP contribution in [0.1, 0.15) is 18.4 Å². The Balaban J connectivity index is 1.48. The van der Waals surface area contributed by atoms with Gasteiger partial charge in [0.25, 0.3) is 0 Å². The molecule has 0 saturated carbocycles. The first-order valence-corrected chi connectivity index (χ1v) is 10.3. The summed E-state index contributed by atoms with van der Waals surface area (Å²) < 4.78 is 46.6. The van der Waals surface area contributed by atoms with E-state index < -0.39 is 29.1 Å². The molecule has 28 heavy (non-hydrogen) atoms. The monoisotopic (exact) mass is 426 g/mol. The summed E-state index contributed by atoms with van der Waals surface area (Å²) in [5.41, 5.74) is 1.61. The van der Waals surface area contributed by atoms with E-state index in [9.17, 15) is 18.1 Å². The molecule has 0 bridgehead atoms. The molecule has 9 heteroatoms. The van der Waals surface area contributed by atoms with E-state index in [1.165, 1.54) is 6.07 Å². The van der Waals surface area contributed by atoms with Crippen molar-refractivity contribution in [2.24, 2.45) is 0 Å².